The highest BCUT2D eigenvalue weighted by Crippen LogP contribution is 2.30. The van der Waals surface area contributed by atoms with E-state index in [9.17, 15) is 10.1 Å². The van der Waals surface area contributed by atoms with E-state index in [0.717, 1.165) is 16.6 Å². The molecule has 1 aromatic heterocycles. The molecule has 0 saturated carbocycles. The molecule has 0 atom stereocenters. The summed E-state index contributed by atoms with van der Waals surface area (Å²) >= 11 is 0. The van der Waals surface area contributed by atoms with Crippen LogP contribution < -0.4 is 9.47 Å². The van der Waals surface area contributed by atoms with Gasteiger partial charge in [-0.05, 0) is 55.3 Å². The standard InChI is InChI=1S/C21H19N3O4/c1-3-27-19-10-14(5-7-18(19)28-12-20(25)26)9-15(11-22)21-23-16-6-4-13(2)8-17(16)24-21/h4-10H,3,12H2,1-2H3,(H,23,24)(H,25,26)/b15-9+. The predicted octanol–water partition coefficient (Wildman–Crippen LogP) is 3.80. The van der Waals surface area contributed by atoms with Crippen LogP contribution in [0, 0.1) is 18.3 Å². The molecule has 2 aromatic carbocycles. The number of carboxylic acid groups (broad SMARTS) is 1. The molecule has 3 rings (SSSR count). The minimum absolute atomic E-state index is 0.333. The van der Waals surface area contributed by atoms with Gasteiger partial charge in [0, 0.05) is 0 Å². The first-order valence-corrected chi connectivity index (χ1v) is 8.70. The fourth-order valence-electron chi connectivity index (χ4n) is 2.71. The molecule has 2 N–H and O–H groups in total. The lowest BCUT2D eigenvalue weighted by atomic mass is 10.1. The molecule has 0 aliphatic heterocycles. The highest BCUT2D eigenvalue weighted by Gasteiger charge is 2.11. The van der Waals surface area contributed by atoms with Gasteiger partial charge in [0.15, 0.2) is 18.1 Å². The van der Waals surface area contributed by atoms with E-state index in [1.807, 2.05) is 32.0 Å². The Hall–Kier alpha value is -3.79. The topological polar surface area (TPSA) is 108 Å². The second-order valence-electron chi connectivity index (χ2n) is 6.10. The molecule has 0 saturated heterocycles. The molecule has 0 amide bonds. The Morgan fingerprint density at radius 3 is 2.79 bits per heavy atom. The Balaban J connectivity index is 1.95. The van der Waals surface area contributed by atoms with Gasteiger partial charge < -0.3 is 19.6 Å². The maximum absolute atomic E-state index is 10.7. The highest BCUT2D eigenvalue weighted by atomic mass is 16.5. The summed E-state index contributed by atoms with van der Waals surface area (Å²) in [5, 5.41) is 18.4. The van der Waals surface area contributed by atoms with Crippen molar-refractivity contribution >= 4 is 28.7 Å². The molecular weight excluding hydrogens is 358 g/mol. The average molecular weight is 377 g/mol. The number of H-pyrrole nitrogens is 1. The SMILES string of the molecule is CCOc1cc(/C=C(\C#N)c2nc3ccc(C)cc3[nH]2)ccc1OCC(=O)O. The number of imidazole rings is 1. The fourth-order valence-corrected chi connectivity index (χ4v) is 2.71. The number of carbonyl (C=O) groups is 1. The van der Waals surface area contributed by atoms with E-state index in [-0.39, 0.29) is 0 Å². The summed E-state index contributed by atoms with van der Waals surface area (Å²) in [6.07, 6.45) is 1.69. The van der Waals surface area contributed by atoms with Gasteiger partial charge in [-0.15, -0.1) is 0 Å². The smallest absolute Gasteiger partial charge is 0.341 e. The number of benzene rings is 2. The number of carboxylic acids is 1. The molecule has 28 heavy (non-hydrogen) atoms. The molecular formula is C21H19N3O4. The van der Waals surface area contributed by atoms with Gasteiger partial charge in [0.25, 0.3) is 0 Å². The summed E-state index contributed by atoms with van der Waals surface area (Å²) in [7, 11) is 0. The molecule has 0 unspecified atom stereocenters. The zero-order valence-electron chi connectivity index (χ0n) is 15.5. The van der Waals surface area contributed by atoms with Gasteiger partial charge in [0.1, 0.15) is 11.9 Å². The van der Waals surface area contributed by atoms with Gasteiger partial charge in [0.05, 0.1) is 23.2 Å². The van der Waals surface area contributed by atoms with E-state index in [1.54, 1.807) is 24.3 Å². The third-order valence-corrected chi connectivity index (χ3v) is 3.94. The van der Waals surface area contributed by atoms with Crippen LogP contribution in [0.4, 0.5) is 0 Å². The lowest BCUT2D eigenvalue weighted by Crippen LogP contribution is -2.10. The first-order valence-electron chi connectivity index (χ1n) is 8.70. The largest absolute Gasteiger partial charge is 0.490 e. The second-order valence-corrected chi connectivity index (χ2v) is 6.10. The van der Waals surface area contributed by atoms with E-state index in [1.165, 1.54) is 0 Å². The van der Waals surface area contributed by atoms with Crippen LogP contribution in [0.2, 0.25) is 0 Å². The van der Waals surface area contributed by atoms with Gasteiger partial charge in [-0.3, -0.25) is 0 Å². The van der Waals surface area contributed by atoms with Crippen LogP contribution in [0.1, 0.15) is 23.9 Å². The summed E-state index contributed by atoms with van der Waals surface area (Å²) in [4.78, 5) is 18.4. The summed E-state index contributed by atoms with van der Waals surface area (Å²) in [6.45, 7) is 3.74. The number of nitriles is 1. The Bertz CT molecular complexity index is 1090. The first-order chi connectivity index (χ1) is 13.5. The molecule has 0 spiro atoms. The van der Waals surface area contributed by atoms with Gasteiger partial charge in [0.2, 0.25) is 0 Å². The van der Waals surface area contributed by atoms with Crippen LogP contribution in [0.15, 0.2) is 36.4 Å². The number of aromatic amines is 1. The molecule has 7 nitrogen and oxygen atoms in total. The van der Waals surface area contributed by atoms with Gasteiger partial charge >= 0.3 is 5.97 Å². The van der Waals surface area contributed by atoms with Gasteiger partial charge in [-0.25, -0.2) is 9.78 Å². The number of nitrogens with one attached hydrogen (secondary N) is 1. The van der Waals surface area contributed by atoms with E-state index in [4.69, 9.17) is 14.6 Å². The van der Waals surface area contributed by atoms with Gasteiger partial charge in [-0.1, -0.05) is 12.1 Å². The Morgan fingerprint density at radius 1 is 1.25 bits per heavy atom. The van der Waals surface area contributed by atoms with E-state index >= 15 is 0 Å². The fraction of sp³-hybridized carbons (Fsp3) is 0.190. The third kappa shape index (κ3) is 4.30. The predicted molar refractivity (Wildman–Crippen MR) is 105 cm³/mol. The lowest BCUT2D eigenvalue weighted by Gasteiger charge is -2.11. The molecule has 0 aliphatic rings. The molecule has 0 fully saturated rings. The van der Waals surface area contributed by atoms with Crippen LogP contribution in [0.3, 0.4) is 0 Å². The van der Waals surface area contributed by atoms with Crippen molar-refractivity contribution in [2.24, 2.45) is 0 Å². The maximum atomic E-state index is 10.7. The van der Waals surface area contributed by atoms with Crippen molar-refractivity contribution in [1.82, 2.24) is 9.97 Å². The van der Waals surface area contributed by atoms with Crippen molar-refractivity contribution in [3.63, 3.8) is 0 Å². The summed E-state index contributed by atoms with van der Waals surface area (Å²) < 4.78 is 10.8. The van der Waals surface area contributed by atoms with Crippen molar-refractivity contribution in [1.29, 1.82) is 5.26 Å². The van der Waals surface area contributed by atoms with Crippen molar-refractivity contribution in [3.05, 3.63) is 53.3 Å². The first kappa shape index (κ1) is 19.0. The van der Waals surface area contributed by atoms with Crippen LogP contribution in [0.25, 0.3) is 22.7 Å². The number of hydrogen-bond donors (Lipinski definition) is 2. The van der Waals surface area contributed by atoms with E-state index in [0.29, 0.717) is 35.1 Å². The Kier molecular flexibility index (Phi) is 5.61. The van der Waals surface area contributed by atoms with Crippen LogP contribution in [-0.2, 0) is 4.79 Å². The third-order valence-electron chi connectivity index (χ3n) is 3.94. The lowest BCUT2D eigenvalue weighted by molar-refractivity contribution is -0.139. The van der Waals surface area contributed by atoms with Gasteiger partial charge in [-0.2, -0.15) is 5.26 Å². The molecule has 0 radical (unpaired) electrons. The summed E-state index contributed by atoms with van der Waals surface area (Å²) in [5.74, 6) is 0.153. The normalized spacial score (nSPS) is 11.2. The minimum Gasteiger partial charge on any atom is -0.490 e. The number of rotatable bonds is 7. The van der Waals surface area contributed by atoms with Crippen molar-refractivity contribution in [2.75, 3.05) is 13.2 Å². The summed E-state index contributed by atoms with van der Waals surface area (Å²) in [6, 6.07) is 13.1. The number of aryl methyl sites for hydroxylation is 1. The number of hydrogen-bond acceptors (Lipinski definition) is 5. The molecule has 3 aromatic rings. The quantitative estimate of drug-likeness (QED) is 0.606. The Labute approximate surface area is 161 Å². The van der Waals surface area contributed by atoms with E-state index in [2.05, 4.69) is 16.0 Å². The molecule has 7 heteroatoms. The zero-order valence-corrected chi connectivity index (χ0v) is 15.5. The second kappa shape index (κ2) is 8.27. The minimum atomic E-state index is -1.07. The molecule has 1 heterocycles. The number of aliphatic carboxylic acids is 1. The average Bonchev–Trinajstić information content (AvgIpc) is 3.08. The van der Waals surface area contributed by atoms with Crippen molar-refractivity contribution < 1.29 is 19.4 Å². The molecule has 142 valence electrons. The van der Waals surface area contributed by atoms with Crippen molar-refractivity contribution in [2.45, 2.75) is 13.8 Å². The molecule has 0 aliphatic carbocycles. The highest BCUT2D eigenvalue weighted by molar-refractivity contribution is 5.90. The monoisotopic (exact) mass is 377 g/mol. The van der Waals surface area contributed by atoms with Crippen molar-refractivity contribution in [3.8, 4) is 17.6 Å². The van der Waals surface area contributed by atoms with Crippen LogP contribution >= 0.6 is 0 Å². The van der Waals surface area contributed by atoms with Crippen LogP contribution in [0.5, 0.6) is 11.5 Å². The maximum Gasteiger partial charge on any atom is 0.341 e. The number of fused-ring (bicyclic) bond motifs is 1. The number of nitrogens with zero attached hydrogens (tertiary/aromatic N) is 2. The number of ether oxygens (including phenoxy) is 2. The zero-order chi connectivity index (χ0) is 20.1. The number of allylic oxidation sites excluding steroid dienone is 1. The summed E-state index contributed by atoms with van der Waals surface area (Å²) in [5.41, 5.74) is 3.83. The number of aromatic nitrogens is 2. The van der Waals surface area contributed by atoms with E-state index < -0.39 is 12.6 Å². The Morgan fingerprint density at radius 2 is 2.07 bits per heavy atom. The molecule has 0 bridgehead atoms. The van der Waals surface area contributed by atoms with Crippen LogP contribution in [-0.4, -0.2) is 34.3 Å².